The maximum atomic E-state index is 12.4. The summed E-state index contributed by atoms with van der Waals surface area (Å²) in [6, 6.07) is 14.6. The molecule has 3 rings (SSSR count). The van der Waals surface area contributed by atoms with Crippen LogP contribution in [0.3, 0.4) is 0 Å². The molecule has 0 unspecified atom stereocenters. The molecule has 0 atom stereocenters. The van der Waals surface area contributed by atoms with Crippen LogP contribution in [0.25, 0.3) is 0 Å². The summed E-state index contributed by atoms with van der Waals surface area (Å²) in [5.74, 6) is -0.331. The van der Waals surface area contributed by atoms with E-state index in [1.807, 2.05) is 50.2 Å². The Balaban J connectivity index is 1.54. The number of piperazine rings is 1. The fourth-order valence-corrected chi connectivity index (χ4v) is 3.34. The van der Waals surface area contributed by atoms with Crippen molar-refractivity contribution in [2.45, 2.75) is 33.0 Å². The molecular weight excluding hydrogens is 382 g/mol. The van der Waals surface area contributed by atoms with Gasteiger partial charge in [0.2, 0.25) is 0 Å². The zero-order valence-electron chi connectivity index (χ0n) is 17.6. The Morgan fingerprint density at radius 1 is 0.967 bits per heavy atom. The average molecular weight is 409 g/mol. The zero-order valence-corrected chi connectivity index (χ0v) is 17.6. The fourth-order valence-electron chi connectivity index (χ4n) is 3.34. The molecule has 1 fully saturated rings. The Morgan fingerprint density at radius 2 is 1.60 bits per heavy atom. The minimum Gasteiger partial charge on any atom is -0.497 e. The van der Waals surface area contributed by atoms with Gasteiger partial charge in [0, 0.05) is 37.8 Å². The first-order valence-corrected chi connectivity index (χ1v) is 9.99. The SMILES string of the molecule is COc1ccc(CNC(=O)c2ccc(CN3CCN(C(C)C)C(=O)C3=O)cc2)cc1. The smallest absolute Gasteiger partial charge is 0.312 e. The molecule has 1 aliphatic heterocycles. The van der Waals surface area contributed by atoms with E-state index in [0.29, 0.717) is 31.7 Å². The summed E-state index contributed by atoms with van der Waals surface area (Å²) in [7, 11) is 1.61. The molecule has 0 radical (unpaired) electrons. The van der Waals surface area contributed by atoms with Gasteiger partial charge in [-0.15, -0.1) is 0 Å². The summed E-state index contributed by atoms with van der Waals surface area (Å²) in [6.45, 7) is 5.62. The second-order valence-electron chi connectivity index (χ2n) is 7.55. The number of benzene rings is 2. The van der Waals surface area contributed by atoms with E-state index < -0.39 is 11.8 Å². The van der Waals surface area contributed by atoms with Crippen LogP contribution in [0.5, 0.6) is 5.75 Å². The highest BCUT2D eigenvalue weighted by Crippen LogP contribution is 2.14. The molecule has 0 aliphatic carbocycles. The number of hydrogen-bond acceptors (Lipinski definition) is 4. The highest BCUT2D eigenvalue weighted by atomic mass is 16.5. The minimum atomic E-state index is -0.476. The Hall–Kier alpha value is -3.35. The molecule has 1 saturated heterocycles. The number of carbonyl (C=O) groups excluding carboxylic acids is 3. The van der Waals surface area contributed by atoms with E-state index >= 15 is 0 Å². The quantitative estimate of drug-likeness (QED) is 0.711. The number of hydrogen-bond donors (Lipinski definition) is 1. The summed E-state index contributed by atoms with van der Waals surface area (Å²) in [5, 5.41) is 2.89. The highest BCUT2D eigenvalue weighted by Gasteiger charge is 2.33. The highest BCUT2D eigenvalue weighted by molar-refractivity contribution is 6.35. The van der Waals surface area contributed by atoms with Crippen molar-refractivity contribution in [3.8, 4) is 5.75 Å². The number of nitrogens with one attached hydrogen (secondary N) is 1. The van der Waals surface area contributed by atoms with Gasteiger partial charge in [-0.25, -0.2) is 0 Å². The topological polar surface area (TPSA) is 79.0 Å². The maximum Gasteiger partial charge on any atom is 0.312 e. The van der Waals surface area contributed by atoms with Crippen LogP contribution in [-0.4, -0.2) is 53.8 Å². The third-order valence-corrected chi connectivity index (χ3v) is 5.17. The van der Waals surface area contributed by atoms with Crippen LogP contribution in [0.4, 0.5) is 0 Å². The van der Waals surface area contributed by atoms with Crippen molar-refractivity contribution >= 4 is 17.7 Å². The summed E-state index contributed by atoms with van der Waals surface area (Å²) in [6.07, 6.45) is 0. The number of amides is 3. The molecule has 1 aliphatic rings. The van der Waals surface area contributed by atoms with Crippen LogP contribution in [0.15, 0.2) is 48.5 Å². The maximum absolute atomic E-state index is 12.4. The number of rotatable bonds is 7. The molecule has 30 heavy (non-hydrogen) atoms. The fraction of sp³-hybridized carbons (Fsp3) is 0.348. The molecule has 0 spiro atoms. The van der Waals surface area contributed by atoms with Crippen molar-refractivity contribution in [2.75, 3.05) is 20.2 Å². The lowest BCUT2D eigenvalue weighted by Crippen LogP contribution is -2.55. The normalized spacial score (nSPS) is 14.3. The van der Waals surface area contributed by atoms with Gasteiger partial charge in [0.25, 0.3) is 5.91 Å². The van der Waals surface area contributed by atoms with E-state index in [1.54, 1.807) is 29.0 Å². The standard InChI is InChI=1S/C23H27N3O4/c1-16(2)26-13-12-25(22(28)23(26)29)15-18-4-8-19(9-5-18)21(27)24-14-17-6-10-20(30-3)11-7-17/h4-11,16H,12-15H2,1-3H3,(H,24,27). The zero-order chi connectivity index (χ0) is 21.7. The summed E-state index contributed by atoms with van der Waals surface area (Å²) in [4.78, 5) is 40.1. The van der Waals surface area contributed by atoms with Crippen LogP contribution in [0, 0.1) is 0 Å². The van der Waals surface area contributed by atoms with E-state index in [9.17, 15) is 14.4 Å². The lowest BCUT2D eigenvalue weighted by molar-refractivity contribution is -0.157. The summed E-state index contributed by atoms with van der Waals surface area (Å²) in [5.41, 5.74) is 2.39. The Morgan fingerprint density at radius 3 is 2.20 bits per heavy atom. The van der Waals surface area contributed by atoms with Gasteiger partial charge in [-0.05, 0) is 49.2 Å². The molecule has 0 bridgehead atoms. The number of ether oxygens (including phenoxy) is 1. The van der Waals surface area contributed by atoms with Gasteiger partial charge in [0.15, 0.2) is 0 Å². The van der Waals surface area contributed by atoms with Crippen LogP contribution < -0.4 is 10.1 Å². The van der Waals surface area contributed by atoms with Gasteiger partial charge in [0.1, 0.15) is 5.75 Å². The van der Waals surface area contributed by atoms with E-state index in [2.05, 4.69) is 5.32 Å². The van der Waals surface area contributed by atoms with Crippen molar-refractivity contribution < 1.29 is 19.1 Å². The molecule has 3 amide bonds. The molecular formula is C23H27N3O4. The molecule has 158 valence electrons. The van der Waals surface area contributed by atoms with Gasteiger partial charge in [-0.1, -0.05) is 24.3 Å². The van der Waals surface area contributed by atoms with Gasteiger partial charge < -0.3 is 19.9 Å². The van der Waals surface area contributed by atoms with Crippen molar-refractivity contribution in [3.05, 3.63) is 65.2 Å². The molecule has 7 nitrogen and oxygen atoms in total. The largest absolute Gasteiger partial charge is 0.497 e. The van der Waals surface area contributed by atoms with Crippen molar-refractivity contribution in [1.82, 2.24) is 15.1 Å². The van der Waals surface area contributed by atoms with Gasteiger partial charge in [0.05, 0.1) is 7.11 Å². The van der Waals surface area contributed by atoms with E-state index in [0.717, 1.165) is 16.9 Å². The monoisotopic (exact) mass is 409 g/mol. The lowest BCUT2D eigenvalue weighted by atomic mass is 10.1. The van der Waals surface area contributed by atoms with Crippen LogP contribution >= 0.6 is 0 Å². The minimum absolute atomic E-state index is 0.0133. The average Bonchev–Trinajstić information content (AvgIpc) is 2.76. The molecule has 1 heterocycles. The van der Waals surface area contributed by atoms with E-state index in [-0.39, 0.29) is 11.9 Å². The Labute approximate surface area is 176 Å². The van der Waals surface area contributed by atoms with E-state index in [1.165, 1.54) is 0 Å². The Bertz CT molecular complexity index is 907. The number of carbonyl (C=O) groups is 3. The summed E-state index contributed by atoms with van der Waals surface area (Å²) < 4.78 is 5.12. The second-order valence-corrected chi connectivity index (χ2v) is 7.55. The first-order chi connectivity index (χ1) is 14.4. The van der Waals surface area contributed by atoms with Crippen LogP contribution in [0.1, 0.15) is 35.3 Å². The number of nitrogens with zero attached hydrogens (tertiary/aromatic N) is 2. The molecule has 2 aromatic carbocycles. The van der Waals surface area contributed by atoms with E-state index in [4.69, 9.17) is 4.74 Å². The number of methoxy groups -OCH3 is 1. The predicted octanol–water partition coefficient (Wildman–Crippen LogP) is 2.20. The predicted molar refractivity (Wildman–Crippen MR) is 113 cm³/mol. The molecule has 7 heteroatoms. The van der Waals surface area contributed by atoms with Crippen molar-refractivity contribution in [1.29, 1.82) is 0 Å². The molecule has 2 aromatic rings. The third kappa shape index (κ3) is 4.97. The third-order valence-electron chi connectivity index (χ3n) is 5.17. The van der Waals surface area contributed by atoms with Gasteiger partial charge >= 0.3 is 11.8 Å². The van der Waals surface area contributed by atoms with Crippen LogP contribution in [0.2, 0.25) is 0 Å². The van der Waals surface area contributed by atoms with Gasteiger partial charge in [-0.3, -0.25) is 14.4 Å². The molecule has 1 N–H and O–H groups in total. The second kappa shape index (κ2) is 9.43. The lowest BCUT2D eigenvalue weighted by Gasteiger charge is -2.36. The Kier molecular flexibility index (Phi) is 6.72. The summed E-state index contributed by atoms with van der Waals surface area (Å²) >= 11 is 0. The molecule has 0 saturated carbocycles. The first kappa shape index (κ1) is 21.4. The first-order valence-electron chi connectivity index (χ1n) is 9.99. The van der Waals surface area contributed by atoms with Crippen molar-refractivity contribution in [2.24, 2.45) is 0 Å². The van der Waals surface area contributed by atoms with Gasteiger partial charge in [-0.2, -0.15) is 0 Å². The van der Waals surface area contributed by atoms with Crippen LogP contribution in [-0.2, 0) is 22.7 Å². The molecule has 0 aromatic heterocycles. The van der Waals surface area contributed by atoms with Crippen molar-refractivity contribution in [3.63, 3.8) is 0 Å².